The zero-order valence-corrected chi connectivity index (χ0v) is 13.1. The Labute approximate surface area is 129 Å². The van der Waals surface area contributed by atoms with Crippen LogP contribution in [-0.2, 0) is 24.3 Å². The number of amides is 1. The molecule has 0 spiro atoms. The lowest BCUT2D eigenvalue weighted by molar-refractivity contribution is -0.133. The van der Waals surface area contributed by atoms with Crippen LogP contribution in [0.4, 0.5) is 0 Å². The van der Waals surface area contributed by atoms with Gasteiger partial charge >= 0.3 is 0 Å². The van der Waals surface area contributed by atoms with Crippen LogP contribution in [0.5, 0.6) is 0 Å². The zero-order valence-electron chi connectivity index (χ0n) is 12.3. The van der Waals surface area contributed by atoms with Gasteiger partial charge in [0.2, 0.25) is 5.91 Å². The monoisotopic (exact) mass is 300 g/mol. The molecule has 1 amide bonds. The van der Waals surface area contributed by atoms with Crippen molar-refractivity contribution in [1.82, 2.24) is 9.80 Å². The molecule has 4 heteroatoms. The lowest BCUT2D eigenvalue weighted by atomic mass is 10.1. The van der Waals surface area contributed by atoms with Gasteiger partial charge in [-0.15, -0.1) is 11.3 Å². The molecule has 2 aromatic rings. The van der Waals surface area contributed by atoms with Gasteiger partial charge in [0, 0.05) is 24.5 Å². The largest absolute Gasteiger partial charge is 0.337 e. The summed E-state index contributed by atoms with van der Waals surface area (Å²) in [6, 6.07) is 12.4. The molecule has 1 aliphatic rings. The van der Waals surface area contributed by atoms with Crippen molar-refractivity contribution >= 4 is 17.2 Å². The number of hydrogen-bond donors (Lipinski definition) is 0. The highest BCUT2D eigenvalue weighted by molar-refractivity contribution is 7.10. The first kappa shape index (κ1) is 14.3. The maximum absolute atomic E-state index is 12.4. The van der Waals surface area contributed by atoms with E-state index in [1.807, 2.05) is 30.1 Å². The van der Waals surface area contributed by atoms with Gasteiger partial charge < -0.3 is 4.90 Å². The van der Waals surface area contributed by atoms with Crippen LogP contribution < -0.4 is 0 Å². The topological polar surface area (TPSA) is 23.6 Å². The van der Waals surface area contributed by atoms with Crippen molar-refractivity contribution in [2.75, 3.05) is 20.1 Å². The predicted octanol–water partition coefficient (Wildman–Crippen LogP) is 2.76. The fourth-order valence-electron chi connectivity index (χ4n) is 2.74. The smallest absolute Gasteiger partial charge is 0.237 e. The number of benzene rings is 1. The van der Waals surface area contributed by atoms with Crippen LogP contribution in [0.3, 0.4) is 0 Å². The van der Waals surface area contributed by atoms with Crippen LogP contribution in [-0.4, -0.2) is 35.8 Å². The van der Waals surface area contributed by atoms with E-state index < -0.39 is 0 Å². The molecule has 0 aliphatic carbocycles. The molecule has 3 rings (SSSR count). The first-order valence-corrected chi connectivity index (χ1v) is 8.16. The van der Waals surface area contributed by atoms with E-state index in [1.54, 1.807) is 11.3 Å². The number of thiophene rings is 1. The van der Waals surface area contributed by atoms with Gasteiger partial charge in [-0.1, -0.05) is 30.3 Å². The van der Waals surface area contributed by atoms with Crippen molar-refractivity contribution in [3.8, 4) is 0 Å². The average molecular weight is 300 g/mol. The van der Waals surface area contributed by atoms with E-state index in [-0.39, 0.29) is 5.91 Å². The van der Waals surface area contributed by atoms with Gasteiger partial charge in [-0.05, 0) is 36.0 Å². The van der Waals surface area contributed by atoms with Gasteiger partial charge in [0.05, 0.1) is 6.54 Å². The summed E-state index contributed by atoms with van der Waals surface area (Å²) in [5.41, 5.74) is 2.57. The van der Waals surface area contributed by atoms with Crippen molar-refractivity contribution in [2.24, 2.45) is 0 Å². The van der Waals surface area contributed by atoms with Crippen molar-refractivity contribution < 1.29 is 4.79 Å². The molecule has 0 unspecified atom stereocenters. The van der Waals surface area contributed by atoms with Crippen LogP contribution in [0.1, 0.15) is 16.0 Å². The molecular weight excluding hydrogens is 280 g/mol. The molecule has 110 valence electrons. The van der Waals surface area contributed by atoms with E-state index in [9.17, 15) is 4.79 Å². The summed E-state index contributed by atoms with van der Waals surface area (Å²) in [5.74, 6) is 0.227. The van der Waals surface area contributed by atoms with Crippen molar-refractivity contribution in [1.29, 1.82) is 0 Å². The van der Waals surface area contributed by atoms with E-state index >= 15 is 0 Å². The first-order valence-electron chi connectivity index (χ1n) is 7.28. The Morgan fingerprint density at radius 1 is 1.29 bits per heavy atom. The molecule has 0 atom stereocenters. The Balaban J connectivity index is 1.54. The summed E-state index contributed by atoms with van der Waals surface area (Å²) in [6.07, 6.45) is 1.00. The second-order valence-corrected chi connectivity index (χ2v) is 6.59. The number of nitrogens with zero attached hydrogens (tertiary/aromatic N) is 2. The molecule has 1 aromatic carbocycles. The summed E-state index contributed by atoms with van der Waals surface area (Å²) in [6.45, 7) is 2.92. The van der Waals surface area contributed by atoms with Crippen LogP contribution in [0.2, 0.25) is 0 Å². The minimum atomic E-state index is 0.227. The predicted molar refractivity (Wildman–Crippen MR) is 86.2 cm³/mol. The second kappa shape index (κ2) is 6.41. The number of carbonyl (C=O) groups excluding carboxylic acids is 1. The highest BCUT2D eigenvalue weighted by Gasteiger charge is 2.22. The summed E-state index contributed by atoms with van der Waals surface area (Å²) in [7, 11) is 2.00. The minimum Gasteiger partial charge on any atom is -0.337 e. The molecule has 0 fully saturated rings. The van der Waals surface area contributed by atoms with Gasteiger partial charge in [0.25, 0.3) is 0 Å². The molecular formula is C17H20N2OS. The van der Waals surface area contributed by atoms with E-state index in [4.69, 9.17) is 0 Å². The quantitative estimate of drug-likeness (QED) is 0.867. The molecule has 0 N–H and O–H groups in total. The molecule has 0 radical (unpaired) electrons. The maximum atomic E-state index is 12.4. The van der Waals surface area contributed by atoms with E-state index in [0.717, 1.165) is 26.1 Å². The summed E-state index contributed by atoms with van der Waals surface area (Å²) < 4.78 is 0. The molecule has 1 aromatic heterocycles. The number of likely N-dealkylation sites (N-methyl/N-ethyl adjacent to an activating group) is 1. The van der Waals surface area contributed by atoms with Crippen LogP contribution in [0.25, 0.3) is 0 Å². The lowest BCUT2D eigenvalue weighted by Gasteiger charge is -2.29. The third kappa shape index (κ3) is 3.52. The molecule has 2 heterocycles. The Bertz CT molecular complexity index is 608. The minimum absolute atomic E-state index is 0.227. The highest BCUT2D eigenvalue weighted by atomic mass is 32.1. The van der Waals surface area contributed by atoms with E-state index in [2.05, 4.69) is 28.5 Å². The number of carbonyl (C=O) groups is 1. The fourth-order valence-corrected chi connectivity index (χ4v) is 3.63. The maximum Gasteiger partial charge on any atom is 0.237 e. The second-order valence-electron chi connectivity index (χ2n) is 5.59. The Morgan fingerprint density at radius 2 is 2.10 bits per heavy atom. The molecule has 1 aliphatic heterocycles. The average Bonchev–Trinajstić information content (AvgIpc) is 2.95. The van der Waals surface area contributed by atoms with Gasteiger partial charge in [0.1, 0.15) is 0 Å². The summed E-state index contributed by atoms with van der Waals surface area (Å²) >= 11 is 1.81. The standard InChI is InChI=1S/C17H20N2OS/c1-18(11-14-5-3-2-4-6-14)13-17(20)19-9-7-16-15(12-19)8-10-21-16/h2-6,8,10H,7,9,11-13H2,1H3. The zero-order chi connectivity index (χ0) is 14.7. The van der Waals surface area contributed by atoms with E-state index in [0.29, 0.717) is 6.54 Å². The third-order valence-electron chi connectivity index (χ3n) is 3.86. The molecule has 21 heavy (non-hydrogen) atoms. The first-order chi connectivity index (χ1) is 10.2. The van der Waals surface area contributed by atoms with Crippen LogP contribution in [0.15, 0.2) is 41.8 Å². The highest BCUT2D eigenvalue weighted by Crippen LogP contribution is 2.24. The Hall–Kier alpha value is -1.65. The van der Waals surface area contributed by atoms with Gasteiger partial charge in [-0.2, -0.15) is 0 Å². The number of fused-ring (bicyclic) bond motifs is 1. The Morgan fingerprint density at radius 3 is 2.90 bits per heavy atom. The Kier molecular flexibility index (Phi) is 4.36. The lowest BCUT2D eigenvalue weighted by Crippen LogP contribution is -2.41. The van der Waals surface area contributed by atoms with Gasteiger partial charge in [0.15, 0.2) is 0 Å². The normalized spacial score (nSPS) is 14.3. The molecule has 0 saturated carbocycles. The van der Waals surface area contributed by atoms with Crippen LogP contribution >= 0.6 is 11.3 Å². The molecule has 0 saturated heterocycles. The van der Waals surface area contributed by atoms with Crippen LogP contribution in [0, 0.1) is 0 Å². The SMILES string of the molecule is CN(CC(=O)N1CCc2sccc2C1)Cc1ccccc1. The van der Waals surface area contributed by atoms with E-state index in [1.165, 1.54) is 16.0 Å². The molecule has 3 nitrogen and oxygen atoms in total. The molecule has 0 bridgehead atoms. The van der Waals surface area contributed by atoms with Crippen molar-refractivity contribution in [3.63, 3.8) is 0 Å². The van der Waals surface area contributed by atoms with Gasteiger partial charge in [-0.25, -0.2) is 0 Å². The number of hydrogen-bond acceptors (Lipinski definition) is 3. The fraction of sp³-hybridized carbons (Fsp3) is 0.353. The third-order valence-corrected chi connectivity index (χ3v) is 4.88. The van der Waals surface area contributed by atoms with Crippen molar-refractivity contribution in [2.45, 2.75) is 19.5 Å². The van der Waals surface area contributed by atoms with Crippen molar-refractivity contribution in [3.05, 3.63) is 57.8 Å². The van der Waals surface area contributed by atoms with Gasteiger partial charge in [-0.3, -0.25) is 9.69 Å². The summed E-state index contributed by atoms with van der Waals surface area (Å²) in [5, 5.41) is 2.13. The number of rotatable bonds is 4. The summed E-state index contributed by atoms with van der Waals surface area (Å²) in [4.78, 5) is 17.9.